The summed E-state index contributed by atoms with van der Waals surface area (Å²) in [5.74, 6) is -1.03. The summed E-state index contributed by atoms with van der Waals surface area (Å²) in [7, 11) is 0. The standard InChI is InChI=1S/C9H16N4O3/c1-2-12-4-8(15)13(5-7(12)14)3-6(10)9(11)16/h6H,2-5,10H2,1H3,(H2,11,16). The van der Waals surface area contributed by atoms with Gasteiger partial charge in [0.15, 0.2) is 0 Å². The smallest absolute Gasteiger partial charge is 0.242 e. The maximum absolute atomic E-state index is 11.6. The minimum atomic E-state index is -0.926. The van der Waals surface area contributed by atoms with E-state index in [-0.39, 0.29) is 31.4 Å². The molecule has 90 valence electrons. The molecule has 3 amide bonds. The zero-order valence-electron chi connectivity index (χ0n) is 9.18. The van der Waals surface area contributed by atoms with E-state index in [1.165, 1.54) is 9.80 Å². The fourth-order valence-corrected chi connectivity index (χ4v) is 1.48. The van der Waals surface area contributed by atoms with Crippen molar-refractivity contribution in [1.29, 1.82) is 0 Å². The van der Waals surface area contributed by atoms with Crippen molar-refractivity contribution in [2.75, 3.05) is 26.2 Å². The summed E-state index contributed by atoms with van der Waals surface area (Å²) >= 11 is 0. The van der Waals surface area contributed by atoms with Crippen molar-refractivity contribution < 1.29 is 14.4 Å². The molecular formula is C9H16N4O3. The Morgan fingerprint density at radius 1 is 1.31 bits per heavy atom. The quantitative estimate of drug-likeness (QED) is 0.553. The molecule has 1 aliphatic heterocycles. The number of carbonyl (C=O) groups is 3. The van der Waals surface area contributed by atoms with E-state index in [1.807, 2.05) is 0 Å². The van der Waals surface area contributed by atoms with Gasteiger partial charge in [0.25, 0.3) is 0 Å². The molecule has 1 saturated heterocycles. The van der Waals surface area contributed by atoms with Crippen LogP contribution in [-0.4, -0.2) is 59.7 Å². The lowest BCUT2D eigenvalue weighted by atomic mass is 10.2. The van der Waals surface area contributed by atoms with Gasteiger partial charge < -0.3 is 21.3 Å². The Morgan fingerprint density at radius 3 is 2.31 bits per heavy atom. The van der Waals surface area contributed by atoms with Crippen molar-refractivity contribution in [3.63, 3.8) is 0 Å². The number of nitrogens with zero attached hydrogens (tertiary/aromatic N) is 2. The molecule has 0 spiro atoms. The first-order valence-corrected chi connectivity index (χ1v) is 5.06. The number of hydrogen-bond donors (Lipinski definition) is 2. The number of carbonyl (C=O) groups excluding carboxylic acids is 3. The molecule has 1 rings (SSSR count). The summed E-state index contributed by atoms with van der Waals surface area (Å²) in [5.41, 5.74) is 10.4. The topological polar surface area (TPSA) is 110 Å². The second-order valence-corrected chi connectivity index (χ2v) is 3.69. The van der Waals surface area contributed by atoms with Crippen LogP contribution in [0, 0.1) is 0 Å². The Labute approximate surface area is 93.3 Å². The highest BCUT2D eigenvalue weighted by molar-refractivity contribution is 5.93. The highest BCUT2D eigenvalue weighted by Crippen LogP contribution is 2.04. The lowest BCUT2D eigenvalue weighted by molar-refractivity contribution is -0.150. The van der Waals surface area contributed by atoms with Gasteiger partial charge in [-0.05, 0) is 6.92 Å². The van der Waals surface area contributed by atoms with E-state index in [9.17, 15) is 14.4 Å². The third-order valence-electron chi connectivity index (χ3n) is 2.52. The summed E-state index contributed by atoms with van der Waals surface area (Å²) in [6, 6.07) is -0.926. The van der Waals surface area contributed by atoms with E-state index < -0.39 is 11.9 Å². The van der Waals surface area contributed by atoms with Crippen LogP contribution in [0.3, 0.4) is 0 Å². The number of nitrogens with two attached hydrogens (primary N) is 2. The van der Waals surface area contributed by atoms with Crippen LogP contribution in [0.1, 0.15) is 6.92 Å². The Balaban J connectivity index is 2.60. The Kier molecular flexibility index (Phi) is 3.83. The van der Waals surface area contributed by atoms with Gasteiger partial charge >= 0.3 is 0 Å². The third-order valence-corrected chi connectivity index (χ3v) is 2.52. The second kappa shape index (κ2) is 4.93. The summed E-state index contributed by atoms with van der Waals surface area (Å²) in [6.45, 7) is 2.31. The maximum atomic E-state index is 11.6. The van der Waals surface area contributed by atoms with Crippen LogP contribution in [0.2, 0.25) is 0 Å². The first kappa shape index (κ1) is 12.4. The van der Waals surface area contributed by atoms with Crippen LogP contribution in [0.25, 0.3) is 0 Å². The zero-order valence-corrected chi connectivity index (χ0v) is 9.18. The molecule has 1 unspecified atom stereocenters. The van der Waals surface area contributed by atoms with Crippen LogP contribution in [0.4, 0.5) is 0 Å². The van der Waals surface area contributed by atoms with E-state index >= 15 is 0 Å². The summed E-state index contributed by atoms with van der Waals surface area (Å²) < 4.78 is 0. The van der Waals surface area contributed by atoms with Crippen LogP contribution in [0.5, 0.6) is 0 Å². The van der Waals surface area contributed by atoms with Gasteiger partial charge in [-0.2, -0.15) is 0 Å². The third kappa shape index (κ3) is 2.69. The lowest BCUT2D eigenvalue weighted by Gasteiger charge is -2.34. The second-order valence-electron chi connectivity index (χ2n) is 3.69. The van der Waals surface area contributed by atoms with Crippen LogP contribution < -0.4 is 11.5 Å². The van der Waals surface area contributed by atoms with Crippen LogP contribution in [-0.2, 0) is 14.4 Å². The molecule has 0 radical (unpaired) electrons. The summed E-state index contributed by atoms with van der Waals surface area (Å²) in [4.78, 5) is 36.6. The van der Waals surface area contributed by atoms with Gasteiger partial charge in [0.2, 0.25) is 17.7 Å². The van der Waals surface area contributed by atoms with E-state index in [0.29, 0.717) is 6.54 Å². The zero-order chi connectivity index (χ0) is 12.3. The average molecular weight is 228 g/mol. The van der Waals surface area contributed by atoms with Crippen LogP contribution >= 0.6 is 0 Å². The maximum Gasteiger partial charge on any atom is 0.242 e. The van der Waals surface area contributed by atoms with Crippen LogP contribution in [0.15, 0.2) is 0 Å². The van der Waals surface area contributed by atoms with Gasteiger partial charge in [0, 0.05) is 13.1 Å². The Morgan fingerprint density at radius 2 is 1.81 bits per heavy atom. The van der Waals surface area contributed by atoms with Crippen molar-refractivity contribution in [3.8, 4) is 0 Å². The summed E-state index contributed by atoms with van der Waals surface area (Å²) in [6.07, 6.45) is 0. The first-order chi connectivity index (χ1) is 7.45. The molecule has 4 N–H and O–H groups in total. The van der Waals surface area contributed by atoms with Gasteiger partial charge in [-0.1, -0.05) is 0 Å². The molecule has 1 heterocycles. The number of rotatable bonds is 4. The Hall–Kier alpha value is -1.63. The average Bonchev–Trinajstić information content (AvgIpc) is 2.22. The molecule has 0 bridgehead atoms. The molecule has 0 aliphatic carbocycles. The number of piperazine rings is 1. The predicted octanol–water partition coefficient (Wildman–Crippen LogP) is -2.51. The first-order valence-electron chi connectivity index (χ1n) is 5.06. The molecule has 0 saturated carbocycles. The van der Waals surface area contributed by atoms with E-state index in [0.717, 1.165) is 0 Å². The molecule has 16 heavy (non-hydrogen) atoms. The number of primary amides is 1. The molecule has 1 atom stereocenters. The van der Waals surface area contributed by atoms with Crippen molar-refractivity contribution in [2.45, 2.75) is 13.0 Å². The number of hydrogen-bond acceptors (Lipinski definition) is 4. The van der Waals surface area contributed by atoms with Crippen molar-refractivity contribution in [2.24, 2.45) is 11.5 Å². The van der Waals surface area contributed by atoms with E-state index in [4.69, 9.17) is 11.5 Å². The van der Waals surface area contributed by atoms with E-state index in [1.54, 1.807) is 6.92 Å². The number of amides is 3. The predicted molar refractivity (Wildman–Crippen MR) is 56.0 cm³/mol. The van der Waals surface area contributed by atoms with Crippen molar-refractivity contribution >= 4 is 17.7 Å². The molecule has 0 aromatic heterocycles. The minimum Gasteiger partial charge on any atom is -0.368 e. The molecule has 7 heteroatoms. The normalized spacial score (nSPS) is 18.9. The van der Waals surface area contributed by atoms with E-state index in [2.05, 4.69) is 0 Å². The van der Waals surface area contributed by atoms with Crippen molar-refractivity contribution in [1.82, 2.24) is 9.80 Å². The molecule has 1 fully saturated rings. The fraction of sp³-hybridized carbons (Fsp3) is 0.667. The van der Waals surface area contributed by atoms with Gasteiger partial charge in [-0.3, -0.25) is 14.4 Å². The monoisotopic (exact) mass is 228 g/mol. The highest BCUT2D eigenvalue weighted by Gasteiger charge is 2.30. The SMILES string of the molecule is CCN1CC(=O)N(CC(N)C(N)=O)CC1=O. The van der Waals surface area contributed by atoms with Gasteiger partial charge in [0.1, 0.15) is 6.04 Å². The largest absolute Gasteiger partial charge is 0.368 e. The molecule has 0 aromatic rings. The molecule has 7 nitrogen and oxygen atoms in total. The van der Waals surface area contributed by atoms with Gasteiger partial charge in [-0.15, -0.1) is 0 Å². The number of likely N-dealkylation sites (N-methyl/N-ethyl adjacent to an activating group) is 1. The molecule has 0 aromatic carbocycles. The van der Waals surface area contributed by atoms with Gasteiger partial charge in [-0.25, -0.2) is 0 Å². The lowest BCUT2D eigenvalue weighted by Crippen LogP contribution is -2.57. The molecule has 1 aliphatic rings. The minimum absolute atomic E-state index is 0.00252. The summed E-state index contributed by atoms with van der Waals surface area (Å²) in [5, 5.41) is 0. The van der Waals surface area contributed by atoms with Crippen molar-refractivity contribution in [3.05, 3.63) is 0 Å². The fourth-order valence-electron chi connectivity index (χ4n) is 1.48. The highest BCUT2D eigenvalue weighted by atomic mass is 16.2. The Bertz CT molecular complexity index is 318. The molecular weight excluding hydrogens is 212 g/mol. The van der Waals surface area contributed by atoms with Gasteiger partial charge in [0.05, 0.1) is 13.1 Å².